The predicted molar refractivity (Wildman–Crippen MR) is 163 cm³/mol. The van der Waals surface area contributed by atoms with E-state index in [4.69, 9.17) is 9.47 Å². The Labute approximate surface area is 245 Å². The minimum absolute atomic E-state index is 0.0310. The Morgan fingerprint density at radius 1 is 0.675 bits per heavy atom. The SMILES string of the molecule is CCCCCCCCCCCCC(=O)OCc1c(CO)cnc(C)c1OC(=O)CCCCCCCCCCCC. The van der Waals surface area contributed by atoms with Gasteiger partial charge >= 0.3 is 11.9 Å². The van der Waals surface area contributed by atoms with Gasteiger partial charge in [-0.15, -0.1) is 0 Å². The Kier molecular flexibility index (Phi) is 22.4. The molecule has 0 amide bonds. The van der Waals surface area contributed by atoms with E-state index < -0.39 is 0 Å². The maximum Gasteiger partial charge on any atom is 0.311 e. The molecule has 0 aliphatic rings. The molecule has 0 bridgehead atoms. The number of ether oxygens (including phenoxy) is 2. The Morgan fingerprint density at radius 2 is 1.10 bits per heavy atom. The summed E-state index contributed by atoms with van der Waals surface area (Å²) in [5.41, 5.74) is 1.59. The number of hydrogen-bond acceptors (Lipinski definition) is 6. The van der Waals surface area contributed by atoms with Crippen LogP contribution in [0.1, 0.15) is 172 Å². The lowest BCUT2D eigenvalue weighted by atomic mass is 10.1. The first kappa shape index (κ1) is 36.1. The van der Waals surface area contributed by atoms with Crippen LogP contribution in [0.2, 0.25) is 0 Å². The maximum atomic E-state index is 12.6. The van der Waals surface area contributed by atoms with E-state index >= 15 is 0 Å². The number of aryl methyl sites for hydroxylation is 1. The van der Waals surface area contributed by atoms with Crippen molar-refractivity contribution in [2.75, 3.05) is 0 Å². The van der Waals surface area contributed by atoms with Crippen molar-refractivity contribution in [2.45, 2.75) is 175 Å². The van der Waals surface area contributed by atoms with Crippen molar-refractivity contribution in [1.29, 1.82) is 0 Å². The van der Waals surface area contributed by atoms with Gasteiger partial charge in [-0.1, -0.05) is 129 Å². The maximum absolute atomic E-state index is 12.6. The molecule has 1 N–H and O–H groups in total. The van der Waals surface area contributed by atoms with E-state index in [1.807, 2.05) is 0 Å². The number of nitrogens with zero attached hydrogens (tertiary/aromatic N) is 1. The number of pyridine rings is 1. The summed E-state index contributed by atoms with van der Waals surface area (Å²) in [4.78, 5) is 29.2. The first-order chi connectivity index (χ1) is 19.5. The lowest BCUT2D eigenvalue weighted by Gasteiger charge is -2.16. The first-order valence-corrected chi connectivity index (χ1v) is 16.5. The summed E-state index contributed by atoms with van der Waals surface area (Å²) in [6, 6.07) is 0. The number of aliphatic hydroxyl groups excluding tert-OH is 1. The topological polar surface area (TPSA) is 85.7 Å². The van der Waals surface area contributed by atoms with Gasteiger partial charge in [-0.2, -0.15) is 0 Å². The highest BCUT2D eigenvalue weighted by Crippen LogP contribution is 2.27. The molecule has 0 saturated carbocycles. The van der Waals surface area contributed by atoms with E-state index in [0.29, 0.717) is 35.4 Å². The molecule has 40 heavy (non-hydrogen) atoms. The van der Waals surface area contributed by atoms with Gasteiger partial charge in [0, 0.05) is 30.2 Å². The molecule has 0 fully saturated rings. The smallest absolute Gasteiger partial charge is 0.311 e. The number of aliphatic hydroxyl groups is 1. The summed E-state index contributed by atoms with van der Waals surface area (Å²) in [6.45, 7) is 5.95. The van der Waals surface area contributed by atoms with Crippen molar-refractivity contribution in [1.82, 2.24) is 4.98 Å². The molecule has 1 heterocycles. The third-order valence-corrected chi connectivity index (χ3v) is 7.64. The van der Waals surface area contributed by atoms with Crippen LogP contribution in [0.25, 0.3) is 0 Å². The van der Waals surface area contributed by atoms with Gasteiger partial charge in [0.1, 0.15) is 6.61 Å². The van der Waals surface area contributed by atoms with Crippen molar-refractivity contribution in [3.63, 3.8) is 0 Å². The van der Waals surface area contributed by atoms with E-state index in [1.54, 1.807) is 13.1 Å². The van der Waals surface area contributed by atoms with Gasteiger partial charge in [0.25, 0.3) is 0 Å². The lowest BCUT2D eigenvalue weighted by molar-refractivity contribution is -0.145. The monoisotopic (exact) mass is 561 g/mol. The molecule has 1 rings (SSSR count). The summed E-state index contributed by atoms with van der Waals surface area (Å²) >= 11 is 0. The fourth-order valence-corrected chi connectivity index (χ4v) is 5.01. The fraction of sp³-hybridized carbons (Fsp3) is 0.794. The molecular formula is C34H59NO5. The largest absolute Gasteiger partial charge is 0.461 e. The number of carbonyl (C=O) groups excluding carboxylic acids is 2. The lowest BCUT2D eigenvalue weighted by Crippen LogP contribution is -2.14. The molecular weight excluding hydrogens is 502 g/mol. The highest BCUT2D eigenvalue weighted by Gasteiger charge is 2.18. The van der Waals surface area contributed by atoms with E-state index in [-0.39, 0.29) is 25.2 Å². The van der Waals surface area contributed by atoms with Gasteiger partial charge in [-0.3, -0.25) is 14.6 Å². The predicted octanol–water partition coefficient (Wildman–Crippen LogP) is 9.45. The van der Waals surface area contributed by atoms with Crippen molar-refractivity contribution >= 4 is 11.9 Å². The molecule has 230 valence electrons. The number of esters is 2. The average Bonchev–Trinajstić information content (AvgIpc) is 2.95. The Balaban J connectivity index is 2.36. The van der Waals surface area contributed by atoms with Gasteiger partial charge in [0.15, 0.2) is 5.75 Å². The summed E-state index contributed by atoms with van der Waals surface area (Å²) in [5.74, 6) is -0.256. The van der Waals surface area contributed by atoms with E-state index in [9.17, 15) is 14.7 Å². The van der Waals surface area contributed by atoms with Crippen molar-refractivity contribution in [3.05, 3.63) is 23.0 Å². The van der Waals surface area contributed by atoms with Gasteiger partial charge in [-0.05, 0) is 19.8 Å². The number of aromatic nitrogens is 1. The van der Waals surface area contributed by atoms with E-state index in [2.05, 4.69) is 18.8 Å². The highest BCUT2D eigenvalue weighted by molar-refractivity contribution is 5.73. The van der Waals surface area contributed by atoms with Crippen LogP contribution in [-0.2, 0) is 27.5 Å². The third kappa shape index (κ3) is 17.7. The fourth-order valence-electron chi connectivity index (χ4n) is 5.01. The molecule has 6 nitrogen and oxygen atoms in total. The van der Waals surface area contributed by atoms with Gasteiger partial charge < -0.3 is 14.6 Å². The minimum atomic E-state index is -0.308. The van der Waals surface area contributed by atoms with Crippen LogP contribution >= 0.6 is 0 Å². The Bertz CT molecular complexity index is 795. The zero-order valence-corrected chi connectivity index (χ0v) is 26.1. The molecule has 0 aliphatic carbocycles. The van der Waals surface area contributed by atoms with E-state index in [1.165, 1.54) is 89.9 Å². The zero-order valence-electron chi connectivity index (χ0n) is 26.1. The summed E-state index contributed by atoms with van der Waals surface area (Å²) < 4.78 is 11.2. The Hall–Kier alpha value is -1.95. The van der Waals surface area contributed by atoms with Gasteiger partial charge in [0.2, 0.25) is 0 Å². The molecule has 0 aliphatic heterocycles. The molecule has 0 unspecified atom stereocenters. The first-order valence-electron chi connectivity index (χ1n) is 16.5. The van der Waals surface area contributed by atoms with Crippen LogP contribution < -0.4 is 4.74 Å². The van der Waals surface area contributed by atoms with Crippen LogP contribution in [0.4, 0.5) is 0 Å². The van der Waals surface area contributed by atoms with Crippen LogP contribution in [0.15, 0.2) is 6.20 Å². The van der Waals surface area contributed by atoms with Crippen LogP contribution in [-0.4, -0.2) is 22.0 Å². The molecule has 6 heteroatoms. The van der Waals surface area contributed by atoms with Crippen molar-refractivity contribution < 1.29 is 24.2 Å². The second kappa shape index (κ2) is 24.8. The third-order valence-electron chi connectivity index (χ3n) is 7.64. The second-order valence-corrected chi connectivity index (χ2v) is 11.3. The summed E-state index contributed by atoms with van der Waals surface area (Å²) in [7, 11) is 0. The van der Waals surface area contributed by atoms with Crippen LogP contribution in [0, 0.1) is 6.92 Å². The highest BCUT2D eigenvalue weighted by atomic mass is 16.5. The minimum Gasteiger partial charge on any atom is -0.461 e. The number of rotatable bonds is 26. The van der Waals surface area contributed by atoms with Crippen LogP contribution in [0.5, 0.6) is 5.75 Å². The molecule has 0 aromatic carbocycles. The number of hydrogen-bond donors (Lipinski definition) is 1. The summed E-state index contributed by atoms with van der Waals surface area (Å²) in [5, 5.41) is 9.82. The molecule has 0 atom stereocenters. The quantitative estimate of drug-likeness (QED) is 0.0895. The van der Waals surface area contributed by atoms with Crippen molar-refractivity contribution in [2.24, 2.45) is 0 Å². The number of unbranched alkanes of at least 4 members (excludes halogenated alkanes) is 18. The van der Waals surface area contributed by atoms with Crippen molar-refractivity contribution in [3.8, 4) is 5.75 Å². The van der Waals surface area contributed by atoms with E-state index in [0.717, 1.165) is 38.5 Å². The zero-order chi connectivity index (χ0) is 29.3. The van der Waals surface area contributed by atoms with Gasteiger partial charge in [0.05, 0.1) is 12.3 Å². The molecule has 1 aromatic rings. The Morgan fingerprint density at radius 3 is 1.55 bits per heavy atom. The number of carbonyl (C=O) groups is 2. The summed E-state index contributed by atoms with van der Waals surface area (Å²) in [6.07, 6.45) is 26.4. The molecule has 0 spiro atoms. The normalized spacial score (nSPS) is 11.1. The van der Waals surface area contributed by atoms with Crippen LogP contribution in [0.3, 0.4) is 0 Å². The molecule has 0 radical (unpaired) electrons. The molecule has 0 saturated heterocycles. The van der Waals surface area contributed by atoms with Gasteiger partial charge in [-0.25, -0.2) is 0 Å². The second-order valence-electron chi connectivity index (χ2n) is 11.3. The standard InChI is InChI=1S/C34H59NO5/c1-4-6-8-10-12-14-16-18-20-22-24-32(37)39-28-31-30(27-36)26-35-29(3)34(31)40-33(38)25-23-21-19-17-15-13-11-9-7-5-2/h26,36H,4-25,27-28H2,1-3H3. The molecule has 1 aromatic heterocycles. The average molecular weight is 562 g/mol.